The Morgan fingerprint density at radius 3 is 3.00 bits per heavy atom. The van der Waals surface area contributed by atoms with Crippen LogP contribution in [0.3, 0.4) is 0 Å². The van der Waals surface area contributed by atoms with Crippen molar-refractivity contribution in [2.45, 2.75) is 32.2 Å². The molecule has 0 aliphatic heterocycles. The van der Waals surface area contributed by atoms with Gasteiger partial charge in [0, 0.05) is 23.5 Å². The van der Waals surface area contributed by atoms with Gasteiger partial charge in [0.2, 0.25) is 0 Å². The van der Waals surface area contributed by atoms with E-state index < -0.39 is 0 Å². The molecule has 108 valence electrons. The number of rotatable bonds is 4. The summed E-state index contributed by atoms with van der Waals surface area (Å²) in [6, 6.07) is 2.12. The first kappa shape index (κ1) is 14.1. The third-order valence-corrected chi connectivity index (χ3v) is 5.82. The van der Waals surface area contributed by atoms with Gasteiger partial charge in [0.25, 0.3) is 0 Å². The number of fused-ring (bicyclic) bond motifs is 2. The van der Waals surface area contributed by atoms with Crippen LogP contribution in [0.2, 0.25) is 0 Å². The summed E-state index contributed by atoms with van der Waals surface area (Å²) < 4.78 is 0. The molecule has 2 bridgehead atoms. The van der Waals surface area contributed by atoms with Crippen LogP contribution >= 0.6 is 11.3 Å². The van der Waals surface area contributed by atoms with E-state index in [-0.39, 0.29) is 0 Å². The number of nitrogens with zero attached hydrogens (tertiary/aromatic N) is 1. The predicted molar refractivity (Wildman–Crippen MR) is 85.5 cm³/mol. The molecule has 2 aliphatic carbocycles. The summed E-state index contributed by atoms with van der Waals surface area (Å²) in [4.78, 5) is 3.88. The number of thiophene rings is 1. The quantitative estimate of drug-likeness (QED) is 0.863. The van der Waals surface area contributed by atoms with Gasteiger partial charge in [-0.05, 0) is 55.5 Å². The molecular formula is C17H24N2S. The third-order valence-electron chi connectivity index (χ3n) is 4.91. The maximum absolute atomic E-state index is 5.46. The van der Waals surface area contributed by atoms with Crippen molar-refractivity contribution in [2.75, 3.05) is 20.1 Å². The van der Waals surface area contributed by atoms with Crippen molar-refractivity contribution in [3.05, 3.63) is 21.9 Å². The molecule has 0 saturated heterocycles. The minimum Gasteiger partial charge on any atom is -0.320 e. The molecule has 3 atom stereocenters. The standard InChI is InChI=1S/C17H24N2S/c1-19(11-16-10-13-4-5-15(16)9-13)12-17-14(3-2-7-18)6-8-20-17/h6,8,13,15-16H,4-5,7,9-12,18H2,1H3. The van der Waals surface area contributed by atoms with Gasteiger partial charge in [0.1, 0.15) is 0 Å². The minimum absolute atomic E-state index is 0.441. The van der Waals surface area contributed by atoms with Crippen molar-refractivity contribution in [1.82, 2.24) is 4.90 Å². The largest absolute Gasteiger partial charge is 0.320 e. The van der Waals surface area contributed by atoms with Crippen molar-refractivity contribution >= 4 is 11.3 Å². The van der Waals surface area contributed by atoms with Crippen LogP contribution in [0.5, 0.6) is 0 Å². The number of hydrogen-bond acceptors (Lipinski definition) is 3. The Morgan fingerprint density at radius 1 is 1.40 bits per heavy atom. The van der Waals surface area contributed by atoms with Gasteiger partial charge in [0.15, 0.2) is 0 Å². The molecule has 2 nitrogen and oxygen atoms in total. The highest BCUT2D eigenvalue weighted by Gasteiger charge is 2.39. The van der Waals surface area contributed by atoms with Crippen LogP contribution in [-0.2, 0) is 6.54 Å². The van der Waals surface area contributed by atoms with E-state index in [9.17, 15) is 0 Å². The molecule has 2 saturated carbocycles. The average molecular weight is 288 g/mol. The molecule has 3 rings (SSSR count). The van der Waals surface area contributed by atoms with Gasteiger partial charge in [-0.25, -0.2) is 0 Å². The molecule has 20 heavy (non-hydrogen) atoms. The van der Waals surface area contributed by atoms with E-state index in [4.69, 9.17) is 5.73 Å². The Balaban J connectivity index is 1.56. The van der Waals surface area contributed by atoms with E-state index in [2.05, 4.69) is 35.2 Å². The topological polar surface area (TPSA) is 29.3 Å². The first-order chi connectivity index (χ1) is 9.76. The van der Waals surface area contributed by atoms with E-state index in [1.54, 1.807) is 0 Å². The van der Waals surface area contributed by atoms with Crippen LogP contribution in [0.25, 0.3) is 0 Å². The normalized spacial score (nSPS) is 27.9. The van der Waals surface area contributed by atoms with Crippen LogP contribution in [0.4, 0.5) is 0 Å². The zero-order chi connectivity index (χ0) is 13.9. The van der Waals surface area contributed by atoms with Gasteiger partial charge in [-0.1, -0.05) is 18.3 Å². The van der Waals surface area contributed by atoms with Crippen LogP contribution in [0, 0.1) is 29.6 Å². The molecule has 2 aliphatic rings. The van der Waals surface area contributed by atoms with Gasteiger partial charge in [-0.3, -0.25) is 0 Å². The Morgan fingerprint density at radius 2 is 2.30 bits per heavy atom. The lowest BCUT2D eigenvalue weighted by Crippen LogP contribution is -2.28. The Hall–Kier alpha value is -0.820. The highest BCUT2D eigenvalue weighted by molar-refractivity contribution is 7.10. The molecule has 1 heterocycles. The monoisotopic (exact) mass is 288 g/mol. The maximum atomic E-state index is 5.46. The summed E-state index contributed by atoms with van der Waals surface area (Å²) in [6.07, 6.45) is 5.95. The summed E-state index contributed by atoms with van der Waals surface area (Å²) >= 11 is 1.82. The summed E-state index contributed by atoms with van der Waals surface area (Å²) in [5.41, 5.74) is 6.63. The molecule has 1 aromatic rings. The Bertz CT molecular complexity index is 511. The second-order valence-corrected chi connectivity index (χ2v) is 7.40. The molecule has 1 aromatic heterocycles. The highest BCUT2D eigenvalue weighted by atomic mass is 32.1. The van der Waals surface area contributed by atoms with Crippen molar-refractivity contribution < 1.29 is 0 Å². The molecule has 3 heteroatoms. The van der Waals surface area contributed by atoms with E-state index in [0.29, 0.717) is 6.54 Å². The first-order valence-electron chi connectivity index (χ1n) is 7.70. The molecule has 0 spiro atoms. The lowest BCUT2D eigenvalue weighted by molar-refractivity contribution is 0.215. The molecule has 0 radical (unpaired) electrons. The molecular weight excluding hydrogens is 264 g/mol. The van der Waals surface area contributed by atoms with Crippen LogP contribution in [0.1, 0.15) is 36.1 Å². The third kappa shape index (κ3) is 3.09. The van der Waals surface area contributed by atoms with Gasteiger partial charge in [-0.2, -0.15) is 0 Å². The number of nitrogens with two attached hydrogens (primary N) is 1. The molecule has 2 N–H and O–H groups in total. The fourth-order valence-electron chi connectivity index (χ4n) is 4.03. The zero-order valence-electron chi connectivity index (χ0n) is 12.3. The average Bonchev–Trinajstić information content (AvgIpc) is 3.13. The Kier molecular flexibility index (Phi) is 4.45. The van der Waals surface area contributed by atoms with E-state index >= 15 is 0 Å². The summed E-state index contributed by atoms with van der Waals surface area (Å²) in [7, 11) is 2.26. The number of hydrogen-bond donors (Lipinski definition) is 1. The fraction of sp³-hybridized carbons (Fsp3) is 0.647. The van der Waals surface area contributed by atoms with Crippen LogP contribution in [-0.4, -0.2) is 25.0 Å². The summed E-state index contributed by atoms with van der Waals surface area (Å²) in [6.45, 7) is 2.72. The molecule has 3 unspecified atom stereocenters. The van der Waals surface area contributed by atoms with Crippen molar-refractivity contribution in [2.24, 2.45) is 23.5 Å². The smallest absolute Gasteiger partial charge is 0.0555 e. The SMILES string of the molecule is CN(Cc1sccc1C#CCN)CC1CC2CCC1C2. The minimum atomic E-state index is 0.441. The first-order valence-corrected chi connectivity index (χ1v) is 8.58. The predicted octanol–water partition coefficient (Wildman–Crippen LogP) is 2.93. The maximum Gasteiger partial charge on any atom is 0.0555 e. The lowest BCUT2D eigenvalue weighted by atomic mass is 9.88. The second kappa shape index (κ2) is 6.30. The van der Waals surface area contributed by atoms with Gasteiger partial charge in [0.05, 0.1) is 6.54 Å². The van der Waals surface area contributed by atoms with Gasteiger partial charge in [-0.15, -0.1) is 11.3 Å². The lowest BCUT2D eigenvalue weighted by Gasteiger charge is -2.27. The molecule has 2 fully saturated rings. The highest BCUT2D eigenvalue weighted by Crippen LogP contribution is 2.48. The van der Waals surface area contributed by atoms with E-state index in [1.807, 2.05) is 11.3 Å². The van der Waals surface area contributed by atoms with Gasteiger partial charge < -0.3 is 10.6 Å². The van der Waals surface area contributed by atoms with Crippen molar-refractivity contribution in [3.63, 3.8) is 0 Å². The summed E-state index contributed by atoms with van der Waals surface area (Å²) in [5, 5.41) is 2.14. The van der Waals surface area contributed by atoms with E-state index in [0.717, 1.165) is 24.3 Å². The second-order valence-electron chi connectivity index (χ2n) is 6.40. The van der Waals surface area contributed by atoms with Gasteiger partial charge >= 0.3 is 0 Å². The summed E-state index contributed by atoms with van der Waals surface area (Å²) in [5.74, 6) is 9.16. The zero-order valence-corrected chi connectivity index (χ0v) is 13.1. The van der Waals surface area contributed by atoms with Crippen molar-refractivity contribution in [3.8, 4) is 11.8 Å². The van der Waals surface area contributed by atoms with Crippen LogP contribution < -0.4 is 5.73 Å². The molecule has 0 aromatic carbocycles. The Labute approximate surface area is 126 Å². The van der Waals surface area contributed by atoms with Crippen molar-refractivity contribution in [1.29, 1.82) is 0 Å². The molecule has 0 amide bonds. The fourth-order valence-corrected chi connectivity index (χ4v) is 4.94. The van der Waals surface area contributed by atoms with Crippen LogP contribution in [0.15, 0.2) is 11.4 Å². The van der Waals surface area contributed by atoms with E-state index in [1.165, 1.54) is 42.7 Å².